The second-order valence-corrected chi connectivity index (χ2v) is 7.44. The van der Waals surface area contributed by atoms with Crippen LogP contribution in [0.2, 0.25) is 0 Å². The fourth-order valence-electron chi connectivity index (χ4n) is 1.63. The molecule has 0 aliphatic rings. The Kier molecular flexibility index (Phi) is 4.47. The third-order valence-corrected chi connectivity index (χ3v) is 4.88. The maximum absolute atomic E-state index is 13.7. The van der Waals surface area contributed by atoms with E-state index in [1.165, 1.54) is 0 Å². The Morgan fingerprint density at radius 3 is 2.32 bits per heavy atom. The standard InChI is InChI=1S/C13H9F2NO4S2/c1-22(19,20)9-3-4-11(16(17)18)13(7-9)21-12-5-2-8(14)6-10(12)15/h2-7H,1H3. The first-order chi connectivity index (χ1) is 10.2. The summed E-state index contributed by atoms with van der Waals surface area (Å²) in [6, 6.07) is 6.04. The molecule has 0 amide bonds. The van der Waals surface area contributed by atoms with E-state index in [1.807, 2.05) is 0 Å². The number of sulfone groups is 1. The molecule has 2 rings (SSSR count). The summed E-state index contributed by atoms with van der Waals surface area (Å²) >= 11 is 0.660. The fourth-order valence-corrected chi connectivity index (χ4v) is 3.32. The van der Waals surface area contributed by atoms with Crippen molar-refractivity contribution in [3.05, 3.63) is 58.1 Å². The summed E-state index contributed by atoms with van der Waals surface area (Å²) in [5.74, 6) is -1.66. The quantitative estimate of drug-likeness (QED) is 0.627. The number of nitro groups is 1. The van der Waals surface area contributed by atoms with Crippen LogP contribution >= 0.6 is 11.8 Å². The van der Waals surface area contributed by atoms with Gasteiger partial charge < -0.3 is 0 Å². The Morgan fingerprint density at radius 2 is 1.77 bits per heavy atom. The van der Waals surface area contributed by atoms with Crippen molar-refractivity contribution in [1.29, 1.82) is 0 Å². The predicted octanol–water partition coefficient (Wildman–Crippen LogP) is 3.43. The number of halogens is 2. The van der Waals surface area contributed by atoms with Gasteiger partial charge in [0.05, 0.1) is 14.7 Å². The minimum absolute atomic E-state index is 0.0431. The molecule has 5 nitrogen and oxygen atoms in total. The van der Waals surface area contributed by atoms with Gasteiger partial charge in [-0.05, 0) is 24.3 Å². The molecule has 0 fully saturated rings. The van der Waals surface area contributed by atoms with Gasteiger partial charge in [0.25, 0.3) is 5.69 Å². The van der Waals surface area contributed by atoms with Crippen LogP contribution in [0.3, 0.4) is 0 Å². The summed E-state index contributed by atoms with van der Waals surface area (Å²) in [6.07, 6.45) is 0.959. The van der Waals surface area contributed by atoms with E-state index in [2.05, 4.69) is 0 Å². The SMILES string of the molecule is CS(=O)(=O)c1ccc([N+](=O)[O-])c(Sc2ccc(F)cc2F)c1. The van der Waals surface area contributed by atoms with Gasteiger partial charge in [0.2, 0.25) is 0 Å². The highest BCUT2D eigenvalue weighted by Crippen LogP contribution is 2.37. The van der Waals surface area contributed by atoms with E-state index in [0.717, 1.165) is 36.6 Å². The number of hydrogen-bond acceptors (Lipinski definition) is 5. The normalized spacial score (nSPS) is 11.4. The van der Waals surface area contributed by atoms with Gasteiger partial charge in [-0.25, -0.2) is 17.2 Å². The van der Waals surface area contributed by atoms with Crippen molar-refractivity contribution in [2.24, 2.45) is 0 Å². The molecule has 0 aromatic heterocycles. The number of benzene rings is 2. The maximum Gasteiger partial charge on any atom is 0.283 e. The van der Waals surface area contributed by atoms with Crippen LogP contribution in [0.5, 0.6) is 0 Å². The number of hydrogen-bond donors (Lipinski definition) is 0. The Labute approximate surface area is 129 Å². The molecule has 0 atom stereocenters. The minimum atomic E-state index is -3.57. The highest BCUT2D eigenvalue weighted by molar-refractivity contribution is 7.99. The van der Waals surface area contributed by atoms with Crippen LogP contribution in [0, 0.1) is 21.7 Å². The molecule has 0 unspecified atom stereocenters. The van der Waals surface area contributed by atoms with E-state index in [-0.39, 0.29) is 20.4 Å². The Bertz CT molecular complexity index is 853. The summed E-state index contributed by atoms with van der Waals surface area (Å²) in [5, 5.41) is 11.0. The van der Waals surface area contributed by atoms with Crippen molar-refractivity contribution < 1.29 is 22.1 Å². The van der Waals surface area contributed by atoms with Crippen molar-refractivity contribution >= 4 is 27.3 Å². The van der Waals surface area contributed by atoms with Gasteiger partial charge in [0.1, 0.15) is 11.6 Å². The molecule has 0 heterocycles. The van der Waals surface area contributed by atoms with Crippen LogP contribution in [0.1, 0.15) is 0 Å². The molecule has 2 aromatic rings. The second-order valence-electron chi connectivity index (χ2n) is 4.34. The smallest absolute Gasteiger partial charge is 0.258 e. The average Bonchev–Trinajstić information content (AvgIpc) is 2.40. The summed E-state index contributed by atoms with van der Waals surface area (Å²) < 4.78 is 49.6. The Morgan fingerprint density at radius 1 is 1.09 bits per heavy atom. The lowest BCUT2D eigenvalue weighted by atomic mass is 10.3. The molecule has 0 N–H and O–H groups in total. The molecule has 0 aliphatic heterocycles. The summed E-state index contributed by atoms with van der Waals surface area (Å²) in [4.78, 5) is 10.1. The van der Waals surface area contributed by atoms with Gasteiger partial charge in [-0.15, -0.1) is 0 Å². The van der Waals surface area contributed by atoms with Crippen molar-refractivity contribution in [1.82, 2.24) is 0 Å². The first kappa shape index (κ1) is 16.4. The maximum atomic E-state index is 13.7. The van der Waals surface area contributed by atoms with Gasteiger partial charge in [0, 0.05) is 23.3 Å². The number of nitro benzene ring substituents is 1. The molecule has 0 aliphatic carbocycles. The Balaban J connectivity index is 2.54. The molecule has 9 heteroatoms. The molecule has 22 heavy (non-hydrogen) atoms. The third-order valence-electron chi connectivity index (χ3n) is 2.67. The molecular weight excluding hydrogens is 336 g/mol. The summed E-state index contributed by atoms with van der Waals surface area (Å²) in [6.45, 7) is 0. The molecule has 0 saturated heterocycles. The highest BCUT2D eigenvalue weighted by Gasteiger charge is 2.20. The molecule has 2 aromatic carbocycles. The van der Waals surface area contributed by atoms with Crippen molar-refractivity contribution in [2.75, 3.05) is 6.26 Å². The summed E-state index contributed by atoms with van der Waals surface area (Å²) in [5.41, 5.74) is -0.360. The van der Waals surface area contributed by atoms with Crippen LogP contribution in [-0.2, 0) is 9.84 Å². The topological polar surface area (TPSA) is 77.3 Å². The van der Waals surface area contributed by atoms with Gasteiger partial charge in [-0.3, -0.25) is 10.1 Å². The third kappa shape index (κ3) is 3.60. The minimum Gasteiger partial charge on any atom is -0.258 e. The predicted molar refractivity (Wildman–Crippen MR) is 76.7 cm³/mol. The lowest BCUT2D eigenvalue weighted by Gasteiger charge is -2.06. The molecule has 0 spiro atoms. The van der Waals surface area contributed by atoms with Gasteiger partial charge >= 0.3 is 0 Å². The van der Waals surface area contributed by atoms with Crippen molar-refractivity contribution in [3.63, 3.8) is 0 Å². The van der Waals surface area contributed by atoms with Crippen LogP contribution < -0.4 is 0 Å². The van der Waals surface area contributed by atoms with Crippen LogP contribution in [0.4, 0.5) is 14.5 Å². The average molecular weight is 345 g/mol. The zero-order valence-electron chi connectivity index (χ0n) is 11.1. The van der Waals surface area contributed by atoms with Crippen molar-refractivity contribution in [2.45, 2.75) is 14.7 Å². The zero-order chi connectivity index (χ0) is 16.5. The first-order valence-corrected chi connectivity index (χ1v) is 8.50. The van der Waals surface area contributed by atoms with Crippen molar-refractivity contribution in [3.8, 4) is 0 Å². The molecule has 116 valence electrons. The zero-order valence-corrected chi connectivity index (χ0v) is 12.7. The number of nitrogens with zero attached hydrogens (tertiary/aromatic N) is 1. The van der Waals surface area contributed by atoms with Gasteiger partial charge in [0.15, 0.2) is 9.84 Å². The van der Waals surface area contributed by atoms with E-state index in [0.29, 0.717) is 17.8 Å². The highest BCUT2D eigenvalue weighted by atomic mass is 32.2. The van der Waals surface area contributed by atoms with E-state index < -0.39 is 26.4 Å². The lowest BCUT2D eigenvalue weighted by Crippen LogP contribution is -1.99. The molecule has 0 radical (unpaired) electrons. The van der Waals surface area contributed by atoms with Crippen LogP contribution in [0.15, 0.2) is 51.1 Å². The second kappa shape index (κ2) is 6.01. The molecule has 0 saturated carbocycles. The molecular formula is C13H9F2NO4S2. The van der Waals surface area contributed by atoms with Crippen LogP contribution in [0.25, 0.3) is 0 Å². The Hall–Kier alpha value is -2.00. The fraction of sp³-hybridized carbons (Fsp3) is 0.0769. The lowest BCUT2D eigenvalue weighted by molar-refractivity contribution is -0.387. The van der Waals surface area contributed by atoms with E-state index >= 15 is 0 Å². The van der Waals surface area contributed by atoms with Crippen LogP contribution in [-0.4, -0.2) is 19.6 Å². The molecule has 0 bridgehead atoms. The summed E-state index contributed by atoms with van der Waals surface area (Å²) in [7, 11) is -3.57. The van der Waals surface area contributed by atoms with Gasteiger partial charge in [-0.2, -0.15) is 0 Å². The van der Waals surface area contributed by atoms with E-state index in [4.69, 9.17) is 0 Å². The largest absolute Gasteiger partial charge is 0.283 e. The monoisotopic (exact) mass is 345 g/mol. The number of rotatable bonds is 4. The van der Waals surface area contributed by atoms with Gasteiger partial charge in [-0.1, -0.05) is 11.8 Å². The van der Waals surface area contributed by atoms with E-state index in [1.54, 1.807) is 0 Å². The first-order valence-electron chi connectivity index (χ1n) is 5.80. The van der Waals surface area contributed by atoms with E-state index in [9.17, 15) is 27.3 Å².